The quantitative estimate of drug-likeness (QED) is 0.464. The fourth-order valence-electron chi connectivity index (χ4n) is 0. The normalized spacial score (nSPS) is 11.7. The second-order valence-electron chi connectivity index (χ2n) is 1.01. The summed E-state index contributed by atoms with van der Waals surface area (Å²) in [5, 5.41) is 15.8. The van der Waals surface area contributed by atoms with Crippen LogP contribution in [-0.2, 0) is 4.79 Å². The zero-order valence-electron chi connectivity index (χ0n) is 4.09. The predicted octanol–water partition coefficient (Wildman–Crippen LogP) is -0.490. The predicted molar refractivity (Wildman–Crippen MR) is 30.4 cm³/mol. The highest BCUT2D eigenvalue weighted by Gasteiger charge is 2.01. The summed E-state index contributed by atoms with van der Waals surface area (Å²) in [4.78, 5) is 9.45. The topological polar surface area (TPSA) is 57.5 Å². The molecule has 0 spiro atoms. The Kier molecular flexibility index (Phi) is 5.74. The van der Waals surface area contributed by atoms with Gasteiger partial charge in [-0.15, -0.1) is 0 Å². The van der Waals surface area contributed by atoms with Gasteiger partial charge in [0.1, 0.15) is 6.10 Å². The SMILES string of the molecule is CC(O)C(=O)O.P. The van der Waals surface area contributed by atoms with Gasteiger partial charge < -0.3 is 10.2 Å². The van der Waals surface area contributed by atoms with E-state index >= 15 is 0 Å². The Bertz CT molecular complexity index is 61.2. The molecule has 0 aromatic rings. The number of aliphatic carboxylic acids is 1. The van der Waals surface area contributed by atoms with E-state index in [1.54, 1.807) is 0 Å². The smallest absolute Gasteiger partial charge is 0.332 e. The van der Waals surface area contributed by atoms with Crippen LogP contribution in [0.25, 0.3) is 0 Å². The van der Waals surface area contributed by atoms with Crippen molar-refractivity contribution in [1.82, 2.24) is 0 Å². The fourth-order valence-corrected chi connectivity index (χ4v) is 0. The first-order valence-corrected chi connectivity index (χ1v) is 1.55. The molecule has 3 nitrogen and oxygen atoms in total. The lowest BCUT2D eigenvalue weighted by molar-refractivity contribution is -0.145. The molecule has 0 aliphatic carbocycles. The minimum absolute atomic E-state index is 0. The number of hydrogen-bond donors (Lipinski definition) is 2. The molecular formula is C3H9O3P. The lowest BCUT2D eigenvalue weighted by Crippen LogP contribution is -2.13. The molecule has 0 saturated heterocycles. The summed E-state index contributed by atoms with van der Waals surface area (Å²) in [5.74, 6) is -1.19. The summed E-state index contributed by atoms with van der Waals surface area (Å²) in [5.41, 5.74) is 0. The maximum atomic E-state index is 9.45. The van der Waals surface area contributed by atoms with Gasteiger partial charge in [-0.1, -0.05) is 0 Å². The average molecular weight is 124 g/mol. The van der Waals surface area contributed by atoms with E-state index in [-0.39, 0.29) is 9.90 Å². The molecular weight excluding hydrogens is 115 g/mol. The van der Waals surface area contributed by atoms with Gasteiger partial charge in [-0.3, -0.25) is 0 Å². The second-order valence-corrected chi connectivity index (χ2v) is 1.01. The number of hydrogen-bond acceptors (Lipinski definition) is 2. The summed E-state index contributed by atoms with van der Waals surface area (Å²) in [6.07, 6.45) is -1.23. The lowest BCUT2D eigenvalue weighted by Gasteiger charge is -1.89. The minimum atomic E-state index is -1.23. The first-order chi connectivity index (χ1) is 2.64. The summed E-state index contributed by atoms with van der Waals surface area (Å²) in [7, 11) is 0. The molecule has 0 aliphatic rings. The lowest BCUT2D eigenvalue weighted by atomic mass is 10.4. The van der Waals surface area contributed by atoms with Crippen molar-refractivity contribution >= 4 is 15.9 Å². The molecule has 0 aromatic heterocycles. The highest BCUT2D eigenvalue weighted by Crippen LogP contribution is 1.73. The van der Waals surface area contributed by atoms with E-state index < -0.39 is 12.1 Å². The van der Waals surface area contributed by atoms with Crippen molar-refractivity contribution in [3.05, 3.63) is 0 Å². The number of carboxylic acid groups (broad SMARTS) is 1. The monoisotopic (exact) mass is 124 g/mol. The fraction of sp³-hybridized carbons (Fsp3) is 0.667. The number of aliphatic hydroxyl groups is 1. The third-order valence-electron chi connectivity index (χ3n) is 0.357. The Morgan fingerprint density at radius 1 is 1.71 bits per heavy atom. The summed E-state index contributed by atoms with van der Waals surface area (Å²) >= 11 is 0. The van der Waals surface area contributed by atoms with Crippen molar-refractivity contribution in [2.24, 2.45) is 0 Å². The molecule has 0 aromatic carbocycles. The number of carboxylic acids is 1. The third kappa shape index (κ3) is 5.86. The van der Waals surface area contributed by atoms with Gasteiger partial charge in [0.15, 0.2) is 0 Å². The van der Waals surface area contributed by atoms with Crippen LogP contribution in [0, 0.1) is 0 Å². The van der Waals surface area contributed by atoms with Gasteiger partial charge in [0.2, 0.25) is 0 Å². The first kappa shape index (κ1) is 9.97. The van der Waals surface area contributed by atoms with Crippen LogP contribution in [0.15, 0.2) is 0 Å². The van der Waals surface area contributed by atoms with E-state index in [0.29, 0.717) is 0 Å². The van der Waals surface area contributed by atoms with Crippen LogP contribution in [0.4, 0.5) is 0 Å². The van der Waals surface area contributed by atoms with Gasteiger partial charge in [0.05, 0.1) is 0 Å². The Morgan fingerprint density at radius 3 is 1.86 bits per heavy atom. The van der Waals surface area contributed by atoms with Crippen LogP contribution in [0.2, 0.25) is 0 Å². The second kappa shape index (κ2) is 4.03. The molecule has 0 aliphatic heterocycles. The van der Waals surface area contributed by atoms with Gasteiger partial charge in [0.25, 0.3) is 0 Å². The molecule has 0 radical (unpaired) electrons. The van der Waals surface area contributed by atoms with Crippen LogP contribution in [0.3, 0.4) is 0 Å². The van der Waals surface area contributed by atoms with Crippen LogP contribution >= 0.6 is 9.90 Å². The number of carbonyl (C=O) groups is 1. The van der Waals surface area contributed by atoms with Gasteiger partial charge in [-0.25, -0.2) is 4.79 Å². The standard InChI is InChI=1S/C3H6O3.H3P/c1-2(4)3(5)6;/h2,4H,1H3,(H,5,6);1H3. The Morgan fingerprint density at radius 2 is 1.86 bits per heavy atom. The molecule has 2 unspecified atom stereocenters. The summed E-state index contributed by atoms with van der Waals surface area (Å²) in [6.45, 7) is 1.20. The van der Waals surface area contributed by atoms with Crippen molar-refractivity contribution in [2.75, 3.05) is 0 Å². The maximum absolute atomic E-state index is 9.45. The molecule has 0 rings (SSSR count). The van der Waals surface area contributed by atoms with Gasteiger partial charge in [-0.2, -0.15) is 9.90 Å². The van der Waals surface area contributed by atoms with Crippen molar-refractivity contribution in [1.29, 1.82) is 0 Å². The molecule has 7 heavy (non-hydrogen) atoms. The Labute approximate surface area is 45.0 Å². The Hall–Kier alpha value is -0.140. The van der Waals surface area contributed by atoms with Gasteiger partial charge in [-0.05, 0) is 6.92 Å². The van der Waals surface area contributed by atoms with E-state index in [9.17, 15) is 4.79 Å². The minimum Gasteiger partial charge on any atom is -0.479 e. The molecule has 0 saturated carbocycles. The zero-order chi connectivity index (χ0) is 5.15. The number of rotatable bonds is 1. The third-order valence-corrected chi connectivity index (χ3v) is 0.357. The molecule has 4 heteroatoms. The molecule has 0 heterocycles. The van der Waals surface area contributed by atoms with Crippen molar-refractivity contribution in [3.63, 3.8) is 0 Å². The highest BCUT2D eigenvalue weighted by atomic mass is 31.0. The van der Waals surface area contributed by atoms with E-state index in [1.165, 1.54) is 6.92 Å². The summed E-state index contributed by atoms with van der Waals surface area (Å²) in [6, 6.07) is 0. The molecule has 2 atom stereocenters. The summed E-state index contributed by atoms with van der Waals surface area (Å²) < 4.78 is 0. The highest BCUT2D eigenvalue weighted by molar-refractivity contribution is 6.92. The molecule has 0 bridgehead atoms. The first-order valence-electron chi connectivity index (χ1n) is 1.55. The largest absolute Gasteiger partial charge is 0.479 e. The van der Waals surface area contributed by atoms with Gasteiger partial charge >= 0.3 is 5.97 Å². The Balaban J connectivity index is 0. The van der Waals surface area contributed by atoms with Crippen LogP contribution in [-0.4, -0.2) is 22.3 Å². The molecule has 2 N–H and O–H groups in total. The van der Waals surface area contributed by atoms with Crippen LogP contribution in [0.1, 0.15) is 6.92 Å². The van der Waals surface area contributed by atoms with Crippen molar-refractivity contribution < 1.29 is 15.0 Å². The van der Waals surface area contributed by atoms with E-state index in [1.807, 2.05) is 0 Å². The van der Waals surface area contributed by atoms with E-state index in [4.69, 9.17) is 10.2 Å². The van der Waals surface area contributed by atoms with Crippen molar-refractivity contribution in [3.8, 4) is 0 Å². The van der Waals surface area contributed by atoms with Gasteiger partial charge in [0, 0.05) is 0 Å². The zero-order valence-corrected chi connectivity index (χ0v) is 5.50. The molecule has 44 valence electrons. The van der Waals surface area contributed by atoms with E-state index in [2.05, 4.69) is 0 Å². The molecule has 0 fully saturated rings. The molecule has 0 amide bonds. The van der Waals surface area contributed by atoms with Crippen molar-refractivity contribution in [2.45, 2.75) is 13.0 Å². The number of aliphatic hydroxyl groups excluding tert-OH is 1. The van der Waals surface area contributed by atoms with E-state index in [0.717, 1.165) is 0 Å². The maximum Gasteiger partial charge on any atom is 0.332 e. The van der Waals surface area contributed by atoms with Crippen LogP contribution < -0.4 is 0 Å². The average Bonchev–Trinajstić information content (AvgIpc) is 1.36. The van der Waals surface area contributed by atoms with Crippen LogP contribution in [0.5, 0.6) is 0 Å².